The van der Waals surface area contributed by atoms with E-state index < -0.39 is 31.6 Å². The zero-order chi connectivity index (χ0) is 20.7. The van der Waals surface area contributed by atoms with Gasteiger partial charge in [0.25, 0.3) is 6.43 Å². The van der Waals surface area contributed by atoms with Crippen LogP contribution in [-0.2, 0) is 4.79 Å². The van der Waals surface area contributed by atoms with Gasteiger partial charge in [-0.15, -0.1) is 0 Å². The third kappa shape index (κ3) is 6.33. The van der Waals surface area contributed by atoms with Gasteiger partial charge in [-0.1, -0.05) is 18.2 Å². The summed E-state index contributed by atoms with van der Waals surface area (Å²) in [6.07, 6.45) is -2.60. The molecule has 0 saturated heterocycles. The molecule has 2 aromatic carbocycles. The van der Waals surface area contributed by atoms with Gasteiger partial charge in [-0.3, -0.25) is 4.79 Å². The molecule has 28 heavy (non-hydrogen) atoms. The van der Waals surface area contributed by atoms with E-state index in [0.717, 1.165) is 0 Å². The number of benzene rings is 2. The second kappa shape index (κ2) is 9.82. The number of anilines is 2. The number of hydrogen-bond donors (Lipinski definition) is 2. The molecule has 0 saturated carbocycles. The molecule has 0 aliphatic carbocycles. The van der Waals surface area contributed by atoms with Crippen LogP contribution in [0.3, 0.4) is 0 Å². The van der Waals surface area contributed by atoms with Gasteiger partial charge in [0.05, 0.1) is 5.69 Å². The van der Waals surface area contributed by atoms with Crippen LogP contribution >= 0.6 is 0 Å². The highest BCUT2D eigenvalue weighted by molar-refractivity contribution is 5.97. The molecule has 1 unspecified atom stereocenters. The van der Waals surface area contributed by atoms with Crippen molar-refractivity contribution in [1.29, 1.82) is 0 Å². The molecule has 0 aliphatic heterocycles. The first-order valence-electron chi connectivity index (χ1n) is 8.39. The van der Waals surface area contributed by atoms with Crippen molar-refractivity contribution in [1.82, 2.24) is 0 Å². The fourth-order valence-corrected chi connectivity index (χ4v) is 2.32. The van der Waals surface area contributed by atoms with Crippen molar-refractivity contribution in [2.45, 2.75) is 32.9 Å². The summed E-state index contributed by atoms with van der Waals surface area (Å²) in [7, 11) is 0. The Hall–Kier alpha value is -2.97. The van der Waals surface area contributed by atoms with E-state index in [0.29, 0.717) is 11.3 Å². The van der Waals surface area contributed by atoms with E-state index in [-0.39, 0.29) is 17.2 Å². The molecule has 0 aromatic heterocycles. The quantitative estimate of drug-likeness (QED) is 0.600. The van der Waals surface area contributed by atoms with Gasteiger partial charge >= 0.3 is 6.61 Å². The van der Waals surface area contributed by atoms with Crippen LogP contribution in [0.4, 0.5) is 28.9 Å². The summed E-state index contributed by atoms with van der Waals surface area (Å²) in [6, 6.07) is 9.90. The van der Waals surface area contributed by atoms with Crippen LogP contribution < -0.4 is 20.1 Å². The average molecular weight is 400 g/mol. The Labute approximate surface area is 159 Å². The second-order valence-electron chi connectivity index (χ2n) is 5.91. The Balaban J connectivity index is 2.04. The number of para-hydroxylation sites is 2. The maximum atomic E-state index is 12.5. The Morgan fingerprint density at radius 2 is 1.79 bits per heavy atom. The molecule has 0 bridgehead atoms. The number of ether oxygens (including phenoxy) is 2. The molecule has 0 radical (unpaired) electrons. The van der Waals surface area contributed by atoms with Gasteiger partial charge in [0.15, 0.2) is 0 Å². The summed E-state index contributed by atoms with van der Waals surface area (Å²) in [5, 5.41) is 5.42. The van der Waals surface area contributed by atoms with E-state index in [9.17, 15) is 22.4 Å². The topological polar surface area (TPSA) is 59.6 Å². The van der Waals surface area contributed by atoms with Gasteiger partial charge in [0, 0.05) is 11.8 Å². The maximum absolute atomic E-state index is 12.5. The van der Waals surface area contributed by atoms with Crippen molar-refractivity contribution in [3.8, 4) is 11.5 Å². The molecular weight excluding hydrogens is 380 g/mol. The average Bonchev–Trinajstić information content (AvgIpc) is 2.63. The summed E-state index contributed by atoms with van der Waals surface area (Å²) in [5.41, 5.74) is 1.25. The van der Waals surface area contributed by atoms with Crippen molar-refractivity contribution >= 4 is 17.3 Å². The van der Waals surface area contributed by atoms with Crippen molar-refractivity contribution in [3.63, 3.8) is 0 Å². The zero-order valence-corrected chi connectivity index (χ0v) is 15.2. The van der Waals surface area contributed by atoms with Crippen molar-refractivity contribution in [2.24, 2.45) is 0 Å². The summed E-state index contributed by atoms with van der Waals surface area (Å²) < 4.78 is 59.0. The Kier molecular flexibility index (Phi) is 7.48. The molecule has 9 heteroatoms. The molecule has 0 spiro atoms. The number of alkyl halides is 4. The van der Waals surface area contributed by atoms with Gasteiger partial charge in [0.1, 0.15) is 24.1 Å². The van der Waals surface area contributed by atoms with Crippen LogP contribution in [0.15, 0.2) is 42.5 Å². The number of rotatable bonds is 9. The van der Waals surface area contributed by atoms with Crippen LogP contribution in [-0.4, -0.2) is 31.6 Å². The van der Waals surface area contributed by atoms with Crippen LogP contribution in [0.2, 0.25) is 0 Å². The fraction of sp³-hybridized carbons (Fsp3) is 0.316. The molecule has 0 aliphatic rings. The van der Waals surface area contributed by atoms with E-state index in [4.69, 9.17) is 4.74 Å². The molecule has 2 aromatic rings. The highest BCUT2D eigenvalue weighted by Gasteiger charge is 2.17. The molecule has 1 atom stereocenters. The number of hydrogen-bond acceptors (Lipinski definition) is 4. The maximum Gasteiger partial charge on any atom is 0.387 e. The van der Waals surface area contributed by atoms with Gasteiger partial charge in [0.2, 0.25) is 5.91 Å². The molecule has 152 valence electrons. The van der Waals surface area contributed by atoms with Crippen molar-refractivity contribution in [3.05, 3.63) is 48.0 Å². The lowest BCUT2D eigenvalue weighted by atomic mass is 10.2. The molecule has 1 amide bonds. The number of halogens is 4. The summed E-state index contributed by atoms with van der Waals surface area (Å²) >= 11 is 0. The fourth-order valence-electron chi connectivity index (χ4n) is 2.32. The molecule has 2 N–H and O–H groups in total. The predicted molar refractivity (Wildman–Crippen MR) is 97.5 cm³/mol. The third-order valence-corrected chi connectivity index (χ3v) is 3.69. The minimum absolute atomic E-state index is 0.103. The normalized spacial score (nSPS) is 12.0. The Morgan fingerprint density at radius 3 is 2.46 bits per heavy atom. The summed E-state index contributed by atoms with van der Waals surface area (Å²) in [5.74, 6) is -0.384. The van der Waals surface area contributed by atoms with E-state index in [2.05, 4.69) is 15.4 Å². The SMILES string of the molecule is Cc1ccc(NC(C)C(=O)Nc2ccccc2OC(F)F)cc1OCC(F)F. The summed E-state index contributed by atoms with van der Waals surface area (Å²) in [4.78, 5) is 12.4. The minimum Gasteiger partial charge on any atom is -0.487 e. The monoisotopic (exact) mass is 400 g/mol. The van der Waals surface area contributed by atoms with Crippen LogP contribution in [0, 0.1) is 6.92 Å². The number of nitrogens with one attached hydrogen (secondary N) is 2. The predicted octanol–water partition coefficient (Wildman–Crippen LogP) is 4.68. The molecular formula is C19H20F4N2O3. The van der Waals surface area contributed by atoms with Crippen LogP contribution in [0.1, 0.15) is 12.5 Å². The third-order valence-electron chi connectivity index (χ3n) is 3.69. The number of carbonyl (C=O) groups excluding carboxylic acids is 1. The van der Waals surface area contributed by atoms with Crippen molar-refractivity contribution < 1.29 is 31.8 Å². The second-order valence-corrected chi connectivity index (χ2v) is 5.91. The van der Waals surface area contributed by atoms with Crippen molar-refractivity contribution in [2.75, 3.05) is 17.2 Å². The lowest BCUT2D eigenvalue weighted by Crippen LogP contribution is -2.32. The van der Waals surface area contributed by atoms with Crippen LogP contribution in [0.5, 0.6) is 11.5 Å². The first kappa shape index (κ1) is 21.3. The van der Waals surface area contributed by atoms with Crippen LogP contribution in [0.25, 0.3) is 0 Å². The summed E-state index contributed by atoms with van der Waals surface area (Å²) in [6.45, 7) is -0.485. The Morgan fingerprint density at radius 1 is 1.07 bits per heavy atom. The number of aryl methyl sites for hydroxylation is 1. The number of carbonyl (C=O) groups is 1. The molecule has 2 rings (SSSR count). The smallest absolute Gasteiger partial charge is 0.387 e. The first-order chi connectivity index (χ1) is 13.3. The van der Waals surface area contributed by atoms with Gasteiger partial charge < -0.3 is 20.1 Å². The van der Waals surface area contributed by atoms with Gasteiger partial charge in [-0.05, 0) is 37.6 Å². The number of amides is 1. The highest BCUT2D eigenvalue weighted by Crippen LogP contribution is 2.26. The zero-order valence-electron chi connectivity index (χ0n) is 15.2. The Bertz CT molecular complexity index is 802. The highest BCUT2D eigenvalue weighted by atomic mass is 19.3. The molecule has 0 fully saturated rings. The minimum atomic E-state index is -3.02. The standard InChI is InChI=1S/C19H20F4N2O3/c1-11-7-8-13(9-16(11)27-10-17(20)21)24-12(2)18(26)25-14-5-3-4-6-15(14)28-19(22)23/h3-9,12,17,19,24H,10H2,1-2H3,(H,25,26). The van der Waals surface area contributed by atoms with E-state index in [1.54, 1.807) is 32.0 Å². The van der Waals surface area contributed by atoms with Gasteiger partial charge in [-0.25, -0.2) is 8.78 Å². The molecule has 5 nitrogen and oxygen atoms in total. The lowest BCUT2D eigenvalue weighted by Gasteiger charge is -2.18. The van der Waals surface area contributed by atoms with E-state index >= 15 is 0 Å². The first-order valence-corrected chi connectivity index (χ1v) is 8.39. The molecule has 0 heterocycles. The lowest BCUT2D eigenvalue weighted by molar-refractivity contribution is -0.116. The van der Waals surface area contributed by atoms with E-state index in [1.165, 1.54) is 24.3 Å². The van der Waals surface area contributed by atoms with Gasteiger partial charge in [-0.2, -0.15) is 8.78 Å². The largest absolute Gasteiger partial charge is 0.487 e. The van der Waals surface area contributed by atoms with E-state index in [1.807, 2.05) is 0 Å².